The minimum atomic E-state index is 0.0334. The minimum Gasteiger partial charge on any atom is -0.196 e. The van der Waals surface area contributed by atoms with E-state index in [1.54, 1.807) is 0 Å². The van der Waals surface area contributed by atoms with Crippen molar-refractivity contribution in [2.24, 2.45) is 14.1 Å². The van der Waals surface area contributed by atoms with Gasteiger partial charge in [-0.2, -0.15) is 9.13 Å². The van der Waals surface area contributed by atoms with Gasteiger partial charge in [0.05, 0.1) is 0 Å². The Hall–Kier alpha value is -2.48. The summed E-state index contributed by atoms with van der Waals surface area (Å²) in [7, 11) is 4.38. The maximum absolute atomic E-state index is 2.40. The van der Waals surface area contributed by atoms with Crippen LogP contribution >= 0.6 is 0 Å². The van der Waals surface area contributed by atoms with Crippen LogP contribution in [0.5, 0.6) is 0 Å². The normalized spacial score (nSPS) is 16.6. The molecule has 0 bridgehead atoms. The minimum absolute atomic E-state index is 0.0334. The number of rotatable bonds is 1. The highest BCUT2D eigenvalue weighted by Crippen LogP contribution is 2.51. The molecule has 138 valence electrons. The van der Waals surface area contributed by atoms with Crippen LogP contribution in [0, 0.1) is 6.92 Å². The SMILES string of the molecule is Cc1ccccc1-c1ccc2c([n+]1C)-c1c(ccc[n+]1C)C(C)(C)C2(C)C. The number of hydrogen-bond donors (Lipinski definition) is 0. The molecule has 0 amide bonds. The number of aromatic nitrogens is 2. The maximum Gasteiger partial charge on any atom is 0.281 e. The van der Waals surface area contributed by atoms with Crippen LogP contribution in [0.15, 0.2) is 54.7 Å². The zero-order valence-electron chi connectivity index (χ0n) is 17.6. The Labute approximate surface area is 163 Å². The molecule has 0 atom stereocenters. The van der Waals surface area contributed by atoms with Crippen molar-refractivity contribution >= 4 is 0 Å². The number of nitrogens with zero attached hydrogens (tertiary/aromatic N) is 2. The molecule has 0 saturated carbocycles. The molecule has 0 saturated heterocycles. The molecule has 2 heterocycles. The molecule has 1 aliphatic carbocycles. The molecule has 0 unspecified atom stereocenters. The molecule has 1 aliphatic rings. The monoisotopic (exact) mass is 358 g/mol. The second kappa shape index (κ2) is 5.76. The highest BCUT2D eigenvalue weighted by molar-refractivity contribution is 5.69. The summed E-state index contributed by atoms with van der Waals surface area (Å²) >= 11 is 0. The van der Waals surface area contributed by atoms with Crippen molar-refractivity contribution in [1.82, 2.24) is 0 Å². The predicted octanol–water partition coefficient (Wildman–Crippen LogP) is 4.55. The van der Waals surface area contributed by atoms with Crippen LogP contribution in [0.4, 0.5) is 0 Å². The summed E-state index contributed by atoms with van der Waals surface area (Å²) < 4.78 is 4.68. The molecule has 0 N–H and O–H groups in total. The van der Waals surface area contributed by atoms with Gasteiger partial charge in [-0.25, -0.2) is 0 Å². The average Bonchev–Trinajstić information content (AvgIpc) is 2.61. The Bertz CT molecular complexity index is 1060. The van der Waals surface area contributed by atoms with Crippen LogP contribution < -0.4 is 9.13 Å². The second-order valence-corrected chi connectivity index (χ2v) is 8.99. The standard InChI is InChI=1S/C25H30N2/c1-17-11-8-9-12-18(17)21-15-14-20-23(27(21)7)22-19(13-10-16-26(22)6)24(2,3)25(20,4)5/h8-16H,1-7H3/q+2. The Balaban J connectivity index is 2.12. The first kappa shape index (κ1) is 17.9. The van der Waals surface area contributed by atoms with Gasteiger partial charge in [0.15, 0.2) is 6.20 Å². The van der Waals surface area contributed by atoms with Crippen molar-refractivity contribution in [2.75, 3.05) is 0 Å². The molecule has 2 heteroatoms. The van der Waals surface area contributed by atoms with Crippen LogP contribution in [-0.4, -0.2) is 0 Å². The van der Waals surface area contributed by atoms with Crippen LogP contribution in [0.1, 0.15) is 44.4 Å². The van der Waals surface area contributed by atoms with Crippen molar-refractivity contribution in [3.05, 3.63) is 71.4 Å². The van der Waals surface area contributed by atoms with E-state index < -0.39 is 0 Å². The van der Waals surface area contributed by atoms with Crippen molar-refractivity contribution in [1.29, 1.82) is 0 Å². The molecule has 0 aliphatic heterocycles. The van der Waals surface area contributed by atoms with Crippen molar-refractivity contribution in [3.8, 4) is 22.6 Å². The molecular weight excluding hydrogens is 328 g/mol. The number of aryl methyl sites for hydroxylation is 2. The van der Waals surface area contributed by atoms with E-state index in [4.69, 9.17) is 0 Å². The zero-order chi connectivity index (χ0) is 19.6. The van der Waals surface area contributed by atoms with E-state index in [1.807, 2.05) is 0 Å². The smallest absolute Gasteiger partial charge is 0.196 e. The summed E-state index contributed by atoms with van der Waals surface area (Å²) in [6.45, 7) is 11.7. The van der Waals surface area contributed by atoms with E-state index in [0.29, 0.717) is 0 Å². The summed E-state index contributed by atoms with van der Waals surface area (Å²) in [6.07, 6.45) is 2.16. The van der Waals surface area contributed by atoms with Crippen molar-refractivity contribution < 1.29 is 9.13 Å². The third kappa shape index (κ3) is 2.32. The van der Waals surface area contributed by atoms with E-state index in [-0.39, 0.29) is 10.8 Å². The first-order chi connectivity index (χ1) is 12.7. The van der Waals surface area contributed by atoms with E-state index in [2.05, 4.69) is 113 Å². The van der Waals surface area contributed by atoms with Crippen LogP contribution in [0.2, 0.25) is 0 Å². The van der Waals surface area contributed by atoms with Crippen molar-refractivity contribution in [2.45, 2.75) is 45.4 Å². The Morgan fingerprint density at radius 3 is 2.00 bits per heavy atom. The van der Waals surface area contributed by atoms with Gasteiger partial charge in [0.25, 0.3) is 11.4 Å². The lowest BCUT2D eigenvalue weighted by Gasteiger charge is -2.45. The van der Waals surface area contributed by atoms with Crippen molar-refractivity contribution in [3.63, 3.8) is 0 Å². The summed E-state index contributed by atoms with van der Waals surface area (Å²) in [5.41, 5.74) is 9.44. The molecule has 4 rings (SSSR count). The van der Waals surface area contributed by atoms with Gasteiger partial charge in [0, 0.05) is 39.7 Å². The Morgan fingerprint density at radius 1 is 0.704 bits per heavy atom. The molecule has 0 spiro atoms. The van der Waals surface area contributed by atoms with Gasteiger partial charge in [-0.15, -0.1) is 0 Å². The molecule has 0 fully saturated rings. The summed E-state index contributed by atoms with van der Waals surface area (Å²) in [5.74, 6) is 0. The van der Waals surface area contributed by atoms with Gasteiger partial charge in [-0.3, -0.25) is 0 Å². The molecular formula is C25H30N2+2. The zero-order valence-corrected chi connectivity index (χ0v) is 17.6. The lowest BCUT2D eigenvalue weighted by Crippen LogP contribution is -2.52. The lowest BCUT2D eigenvalue weighted by atomic mass is 9.57. The molecule has 3 aromatic rings. The van der Waals surface area contributed by atoms with Gasteiger partial charge < -0.3 is 0 Å². The second-order valence-electron chi connectivity index (χ2n) is 8.99. The quantitative estimate of drug-likeness (QED) is 0.564. The number of benzene rings is 1. The lowest BCUT2D eigenvalue weighted by molar-refractivity contribution is -0.686. The Morgan fingerprint density at radius 2 is 1.33 bits per heavy atom. The topological polar surface area (TPSA) is 7.76 Å². The summed E-state index contributed by atoms with van der Waals surface area (Å²) in [6, 6.07) is 17.8. The highest BCUT2D eigenvalue weighted by atomic mass is 15.0. The van der Waals surface area contributed by atoms with Crippen LogP contribution in [0.25, 0.3) is 22.6 Å². The van der Waals surface area contributed by atoms with Gasteiger partial charge in [-0.05, 0) is 30.7 Å². The van der Waals surface area contributed by atoms with Gasteiger partial charge >= 0.3 is 0 Å². The largest absolute Gasteiger partial charge is 0.281 e. The average molecular weight is 359 g/mol. The van der Waals surface area contributed by atoms with Gasteiger partial charge in [0.1, 0.15) is 14.1 Å². The number of fused-ring (bicyclic) bond motifs is 3. The van der Waals surface area contributed by atoms with Gasteiger partial charge in [0.2, 0.25) is 5.69 Å². The van der Waals surface area contributed by atoms with E-state index in [1.165, 1.54) is 39.3 Å². The Kier molecular flexibility index (Phi) is 3.82. The third-order valence-corrected chi connectivity index (χ3v) is 7.09. The highest BCUT2D eigenvalue weighted by Gasteiger charge is 2.52. The fraction of sp³-hybridized carbons (Fsp3) is 0.360. The van der Waals surface area contributed by atoms with E-state index in [9.17, 15) is 0 Å². The van der Waals surface area contributed by atoms with Gasteiger partial charge in [-0.1, -0.05) is 45.9 Å². The summed E-state index contributed by atoms with van der Waals surface area (Å²) in [4.78, 5) is 0. The van der Waals surface area contributed by atoms with Crippen LogP contribution in [0.3, 0.4) is 0 Å². The van der Waals surface area contributed by atoms with Crippen LogP contribution in [-0.2, 0) is 24.9 Å². The first-order valence-electron chi connectivity index (χ1n) is 9.77. The number of hydrogen-bond acceptors (Lipinski definition) is 0. The predicted molar refractivity (Wildman–Crippen MR) is 110 cm³/mol. The first-order valence-corrected chi connectivity index (χ1v) is 9.77. The molecule has 2 nitrogen and oxygen atoms in total. The molecule has 27 heavy (non-hydrogen) atoms. The third-order valence-electron chi connectivity index (χ3n) is 7.09. The van der Waals surface area contributed by atoms with E-state index in [0.717, 1.165) is 0 Å². The molecule has 1 aromatic carbocycles. The van der Waals surface area contributed by atoms with E-state index >= 15 is 0 Å². The molecule has 0 radical (unpaired) electrons. The summed E-state index contributed by atoms with van der Waals surface area (Å²) in [5, 5.41) is 0. The maximum atomic E-state index is 2.40. The fourth-order valence-electron chi connectivity index (χ4n) is 4.66. The fourth-order valence-corrected chi connectivity index (χ4v) is 4.66. The number of pyridine rings is 2. The molecule has 2 aromatic heterocycles.